The number of alkyl halides is 3. The van der Waals surface area contributed by atoms with Gasteiger partial charge in [-0.3, -0.25) is 9.59 Å². The topological polar surface area (TPSA) is 84.9 Å². The molecule has 3 atom stereocenters. The number of hydrogen-bond donors (Lipinski definition) is 2. The van der Waals surface area contributed by atoms with Gasteiger partial charge in [-0.2, -0.15) is 13.2 Å². The number of fused-ring (bicyclic) bond motifs is 1. The average molecular weight is 512 g/mol. The second kappa shape index (κ2) is 9.97. The highest BCUT2D eigenvalue weighted by Gasteiger charge is 2.45. The molecule has 188 valence electrons. The first-order valence-electron chi connectivity index (χ1n) is 11.3. The van der Waals surface area contributed by atoms with Crippen molar-refractivity contribution in [2.24, 2.45) is 11.8 Å². The van der Waals surface area contributed by atoms with E-state index in [1.807, 2.05) is 0 Å². The quantitative estimate of drug-likeness (QED) is 0.454. The first-order chi connectivity index (χ1) is 16.5. The van der Waals surface area contributed by atoms with Crippen molar-refractivity contribution in [3.8, 4) is 11.5 Å². The largest absolute Gasteiger partial charge is 0.486 e. The summed E-state index contributed by atoms with van der Waals surface area (Å²) < 4.78 is 52.2. The van der Waals surface area contributed by atoms with E-state index in [9.17, 15) is 27.9 Å². The van der Waals surface area contributed by atoms with Gasteiger partial charge in [-0.1, -0.05) is 30.7 Å². The Morgan fingerprint density at radius 2 is 1.74 bits per heavy atom. The molecule has 0 saturated heterocycles. The Balaban J connectivity index is 1.65. The van der Waals surface area contributed by atoms with Crippen LogP contribution in [-0.4, -0.2) is 36.4 Å². The van der Waals surface area contributed by atoms with Crippen molar-refractivity contribution < 1.29 is 37.3 Å². The van der Waals surface area contributed by atoms with Crippen LogP contribution in [0.4, 0.5) is 18.9 Å². The number of anilines is 1. The van der Waals surface area contributed by atoms with Crippen LogP contribution in [0.15, 0.2) is 36.4 Å². The number of amides is 1. The lowest BCUT2D eigenvalue weighted by Gasteiger charge is -2.27. The number of aliphatic carboxylic acids is 1. The minimum absolute atomic E-state index is 0.0788. The van der Waals surface area contributed by atoms with Crippen molar-refractivity contribution in [3.63, 3.8) is 0 Å². The van der Waals surface area contributed by atoms with Crippen LogP contribution in [0.25, 0.3) is 0 Å². The summed E-state index contributed by atoms with van der Waals surface area (Å²) in [7, 11) is 0. The molecule has 1 heterocycles. The summed E-state index contributed by atoms with van der Waals surface area (Å²) in [6.07, 6.45) is -2.92. The third-order valence-corrected chi connectivity index (χ3v) is 6.82. The highest BCUT2D eigenvalue weighted by Crippen LogP contribution is 2.46. The summed E-state index contributed by atoms with van der Waals surface area (Å²) in [6.45, 7) is 1.53. The van der Waals surface area contributed by atoms with Crippen molar-refractivity contribution in [3.05, 3.63) is 52.5 Å². The van der Waals surface area contributed by atoms with Crippen molar-refractivity contribution in [2.75, 3.05) is 18.5 Å². The maximum atomic E-state index is 13.8. The van der Waals surface area contributed by atoms with Gasteiger partial charge in [-0.15, -0.1) is 0 Å². The van der Waals surface area contributed by atoms with Crippen LogP contribution in [0.3, 0.4) is 0 Å². The Morgan fingerprint density at radius 1 is 1.09 bits per heavy atom. The lowest BCUT2D eigenvalue weighted by molar-refractivity contribution is -0.178. The van der Waals surface area contributed by atoms with Crippen molar-refractivity contribution in [2.45, 2.75) is 44.2 Å². The molecule has 2 N–H and O–H groups in total. The van der Waals surface area contributed by atoms with Gasteiger partial charge < -0.3 is 19.9 Å². The van der Waals surface area contributed by atoms with Gasteiger partial charge in [0.1, 0.15) is 13.2 Å². The van der Waals surface area contributed by atoms with Gasteiger partial charge in [0.05, 0.1) is 29.0 Å². The molecule has 1 fully saturated rings. The highest BCUT2D eigenvalue weighted by atomic mass is 35.5. The van der Waals surface area contributed by atoms with Crippen molar-refractivity contribution in [1.29, 1.82) is 0 Å². The first-order valence-corrected chi connectivity index (χ1v) is 11.7. The van der Waals surface area contributed by atoms with E-state index in [-0.39, 0.29) is 46.9 Å². The van der Waals surface area contributed by atoms with Crippen molar-refractivity contribution >= 4 is 29.2 Å². The fourth-order valence-electron chi connectivity index (χ4n) is 4.43. The average Bonchev–Trinajstić information content (AvgIpc) is 3.64. The molecular weight excluding hydrogens is 487 g/mol. The van der Waals surface area contributed by atoms with Crippen LogP contribution < -0.4 is 14.8 Å². The van der Waals surface area contributed by atoms with Gasteiger partial charge in [0, 0.05) is 0 Å². The molecular formula is C25H25ClF3NO5. The van der Waals surface area contributed by atoms with Crippen LogP contribution in [0.1, 0.15) is 49.1 Å². The Bertz CT molecular complexity index is 1120. The summed E-state index contributed by atoms with van der Waals surface area (Å²) >= 11 is 6.27. The molecule has 0 aromatic heterocycles. The number of rotatable bonds is 8. The molecule has 3 unspecified atom stereocenters. The third-order valence-electron chi connectivity index (χ3n) is 6.49. The zero-order chi connectivity index (χ0) is 25.3. The summed E-state index contributed by atoms with van der Waals surface area (Å²) in [4.78, 5) is 24.6. The van der Waals surface area contributed by atoms with E-state index in [0.717, 1.165) is 19.8 Å². The molecule has 1 amide bonds. The lowest BCUT2D eigenvalue weighted by atomic mass is 9.85. The number of benzene rings is 2. The predicted molar refractivity (Wildman–Crippen MR) is 123 cm³/mol. The van der Waals surface area contributed by atoms with Gasteiger partial charge in [0.15, 0.2) is 11.5 Å². The van der Waals surface area contributed by atoms with E-state index in [1.54, 1.807) is 12.1 Å². The number of halogens is 4. The molecule has 10 heteroatoms. The van der Waals surface area contributed by atoms with Crippen LogP contribution in [0, 0.1) is 11.8 Å². The van der Waals surface area contributed by atoms with Crippen LogP contribution in [0.5, 0.6) is 11.5 Å². The van der Waals surface area contributed by atoms with Gasteiger partial charge >= 0.3 is 12.1 Å². The molecule has 0 radical (unpaired) electrons. The Kier molecular flexibility index (Phi) is 7.17. The van der Waals surface area contributed by atoms with Crippen LogP contribution >= 0.6 is 11.6 Å². The summed E-state index contributed by atoms with van der Waals surface area (Å²) in [5.74, 6) is -4.77. The minimum Gasteiger partial charge on any atom is -0.486 e. The number of carboxylic acids is 1. The van der Waals surface area contributed by atoms with Gasteiger partial charge in [0.25, 0.3) is 0 Å². The van der Waals surface area contributed by atoms with Crippen LogP contribution in [0.2, 0.25) is 5.02 Å². The zero-order valence-electron chi connectivity index (χ0n) is 18.9. The molecule has 4 rings (SSSR count). The molecule has 2 aromatic carbocycles. The second-order valence-corrected chi connectivity index (χ2v) is 9.39. The maximum absolute atomic E-state index is 13.8. The highest BCUT2D eigenvalue weighted by molar-refractivity contribution is 6.33. The normalized spacial score (nSPS) is 17.9. The van der Waals surface area contributed by atoms with Gasteiger partial charge in [-0.25, -0.2) is 0 Å². The number of nitrogens with one attached hydrogen (secondary N) is 1. The number of carboxylic acid groups (broad SMARTS) is 1. The molecule has 6 nitrogen and oxygen atoms in total. The number of ether oxygens (including phenoxy) is 2. The third kappa shape index (κ3) is 5.83. The molecule has 0 spiro atoms. The van der Waals surface area contributed by atoms with E-state index >= 15 is 0 Å². The second-order valence-electron chi connectivity index (χ2n) is 8.98. The number of hydrogen-bond acceptors (Lipinski definition) is 4. The lowest BCUT2D eigenvalue weighted by Crippen LogP contribution is -2.34. The zero-order valence-corrected chi connectivity index (χ0v) is 19.7. The molecule has 1 saturated carbocycles. The Labute approximate surface area is 205 Å². The molecule has 1 aliphatic heterocycles. The van der Waals surface area contributed by atoms with E-state index in [1.165, 1.54) is 24.3 Å². The fourth-order valence-corrected chi connectivity index (χ4v) is 4.60. The maximum Gasteiger partial charge on any atom is 0.392 e. The molecule has 0 bridgehead atoms. The standard InChI is InChI=1S/C25H25ClF3NO5/c1-13(25(27,28)29)23(16-5-7-20-21(11-16)35-9-8-34-20)24(33)30-19-10-15(4-6-18(19)26)17(12-22(31)32)14-2-3-14/h4-7,10-11,13-14,17,23H,2-3,8-9,12H2,1H3,(H,30,33)(H,31,32). The fraction of sp³-hybridized carbons (Fsp3) is 0.440. The van der Waals surface area contributed by atoms with E-state index in [4.69, 9.17) is 21.1 Å². The minimum atomic E-state index is -4.64. The summed E-state index contributed by atoms with van der Waals surface area (Å²) in [6, 6.07) is 9.10. The predicted octanol–water partition coefficient (Wildman–Crippen LogP) is 6.00. The SMILES string of the molecule is CC(C(C(=O)Nc1cc(C(CC(=O)O)C2CC2)ccc1Cl)c1ccc2c(c1)OCCO2)C(F)(F)F. The Morgan fingerprint density at radius 3 is 2.37 bits per heavy atom. The van der Waals surface area contributed by atoms with Crippen molar-refractivity contribution in [1.82, 2.24) is 0 Å². The van der Waals surface area contributed by atoms with E-state index < -0.39 is 29.9 Å². The van der Waals surface area contributed by atoms with E-state index in [2.05, 4.69) is 5.32 Å². The molecule has 1 aliphatic carbocycles. The first kappa shape index (κ1) is 25.2. The molecule has 2 aliphatic rings. The monoisotopic (exact) mass is 511 g/mol. The molecule has 35 heavy (non-hydrogen) atoms. The smallest absolute Gasteiger partial charge is 0.392 e. The number of carbonyl (C=O) groups excluding carboxylic acids is 1. The van der Waals surface area contributed by atoms with Crippen LogP contribution in [-0.2, 0) is 9.59 Å². The summed E-state index contributed by atoms with van der Waals surface area (Å²) in [5.41, 5.74) is 0.946. The molecule has 2 aromatic rings. The summed E-state index contributed by atoms with van der Waals surface area (Å²) in [5, 5.41) is 12.0. The van der Waals surface area contributed by atoms with E-state index in [0.29, 0.717) is 17.9 Å². The Hall–Kier alpha value is -2.94. The number of carbonyl (C=O) groups is 2. The van der Waals surface area contributed by atoms with Gasteiger partial charge in [-0.05, 0) is 60.1 Å². The van der Waals surface area contributed by atoms with Gasteiger partial charge in [0.2, 0.25) is 5.91 Å².